The van der Waals surface area contributed by atoms with Crippen molar-refractivity contribution in [2.24, 2.45) is 34.7 Å². The highest BCUT2D eigenvalue weighted by atomic mass is 35.5. The van der Waals surface area contributed by atoms with Crippen molar-refractivity contribution in [2.45, 2.75) is 36.0 Å². The zero-order valence-electron chi connectivity index (χ0n) is 16.9. The van der Waals surface area contributed by atoms with Gasteiger partial charge < -0.3 is 4.98 Å². The lowest BCUT2D eigenvalue weighted by Gasteiger charge is -2.47. The van der Waals surface area contributed by atoms with Gasteiger partial charge in [0.05, 0.1) is 23.1 Å². The number of thioether (sulfide) groups is 1. The Balaban J connectivity index is 1.33. The smallest absolute Gasteiger partial charge is 0.305 e. The maximum absolute atomic E-state index is 13.3. The van der Waals surface area contributed by atoms with Crippen LogP contribution >= 0.6 is 34.7 Å². The van der Waals surface area contributed by atoms with Crippen molar-refractivity contribution in [1.82, 2.24) is 9.99 Å². The number of aromatic amines is 1. The average molecular weight is 474 g/mol. The summed E-state index contributed by atoms with van der Waals surface area (Å²) in [5.41, 5.74) is 0.576. The number of hydrazone groups is 1. The van der Waals surface area contributed by atoms with Crippen LogP contribution in [0, 0.1) is 29.6 Å². The number of benzene rings is 1. The number of imide groups is 1. The molecule has 0 radical (unpaired) electrons. The van der Waals surface area contributed by atoms with Gasteiger partial charge in [-0.3, -0.25) is 14.4 Å². The molecule has 1 N–H and O–H groups in total. The van der Waals surface area contributed by atoms with Gasteiger partial charge in [-0.2, -0.15) is 10.1 Å². The molecule has 1 aromatic heterocycles. The number of amides is 2. The standard InChI is InChI=1S/C22H20ClN3O3S2/c1-22(2)15-11-7-12(16(15)30-18-17(22)31-21(29)25-18)14-13(11)19(27)26(20(14)28)24-8-9-3-5-10(23)6-4-9/h3-6,8,11-16H,7H2,1-2H3,(H,25,29)/b24-8-/t11-,12-,13+,14+,15+,16-/m0/s1. The molecule has 3 fully saturated rings. The normalized spacial score (nSPS) is 35.0. The molecule has 6 atom stereocenters. The lowest BCUT2D eigenvalue weighted by molar-refractivity contribution is -0.140. The largest absolute Gasteiger partial charge is 0.307 e. The maximum atomic E-state index is 13.3. The fourth-order valence-corrected chi connectivity index (χ4v) is 9.70. The molecule has 9 heteroatoms. The molecule has 6 rings (SSSR count). The number of carbonyl (C=O) groups excluding carboxylic acids is 2. The lowest BCUT2D eigenvalue weighted by atomic mass is 9.64. The Kier molecular flexibility index (Phi) is 4.18. The van der Waals surface area contributed by atoms with Crippen LogP contribution in [0.1, 0.15) is 30.7 Å². The van der Waals surface area contributed by atoms with E-state index in [0.717, 1.165) is 26.9 Å². The summed E-state index contributed by atoms with van der Waals surface area (Å²) < 4.78 is 0. The molecule has 1 aromatic carbocycles. The molecule has 6 nitrogen and oxygen atoms in total. The highest BCUT2D eigenvalue weighted by molar-refractivity contribution is 8.00. The molecule has 2 aromatic rings. The molecule has 160 valence electrons. The Hall–Kier alpha value is -1.90. The van der Waals surface area contributed by atoms with Gasteiger partial charge in [-0.1, -0.05) is 48.9 Å². The van der Waals surface area contributed by atoms with Crippen LogP contribution in [0.4, 0.5) is 0 Å². The number of nitrogens with one attached hydrogen (secondary N) is 1. The van der Waals surface area contributed by atoms with E-state index in [9.17, 15) is 14.4 Å². The first-order chi connectivity index (χ1) is 14.8. The van der Waals surface area contributed by atoms with E-state index in [4.69, 9.17) is 11.6 Å². The van der Waals surface area contributed by atoms with Gasteiger partial charge in [-0.05, 0) is 41.9 Å². The summed E-state index contributed by atoms with van der Waals surface area (Å²) in [5.74, 6) is -0.448. The number of hydrogen-bond donors (Lipinski definition) is 1. The third-order valence-electron chi connectivity index (χ3n) is 7.56. The monoisotopic (exact) mass is 473 g/mol. The van der Waals surface area contributed by atoms with Gasteiger partial charge in [0, 0.05) is 20.6 Å². The number of halogens is 1. The molecule has 4 aliphatic rings. The summed E-state index contributed by atoms with van der Waals surface area (Å²) >= 11 is 8.90. The summed E-state index contributed by atoms with van der Waals surface area (Å²) in [6, 6.07) is 7.10. The molecule has 2 amide bonds. The summed E-state index contributed by atoms with van der Waals surface area (Å²) in [6.07, 6.45) is 2.44. The molecule has 0 spiro atoms. The fraction of sp³-hybridized carbons (Fsp3) is 0.455. The van der Waals surface area contributed by atoms with Crippen molar-refractivity contribution < 1.29 is 9.59 Å². The quantitative estimate of drug-likeness (QED) is 0.532. The minimum atomic E-state index is -0.309. The van der Waals surface area contributed by atoms with Gasteiger partial charge >= 0.3 is 4.87 Å². The number of H-pyrrole nitrogens is 1. The van der Waals surface area contributed by atoms with Crippen molar-refractivity contribution in [3.63, 3.8) is 0 Å². The lowest BCUT2D eigenvalue weighted by Crippen LogP contribution is -2.48. The van der Waals surface area contributed by atoms with E-state index in [1.807, 2.05) is 0 Å². The van der Waals surface area contributed by atoms with E-state index < -0.39 is 0 Å². The molecule has 3 heterocycles. The topological polar surface area (TPSA) is 82.6 Å². The van der Waals surface area contributed by atoms with Crippen LogP contribution < -0.4 is 4.87 Å². The number of rotatable bonds is 2. The minimum Gasteiger partial charge on any atom is -0.307 e. The van der Waals surface area contributed by atoms with Gasteiger partial charge in [0.15, 0.2) is 0 Å². The second kappa shape index (κ2) is 6.56. The first kappa shape index (κ1) is 19.8. The van der Waals surface area contributed by atoms with Crippen molar-refractivity contribution in [1.29, 1.82) is 0 Å². The Morgan fingerprint density at radius 1 is 1.13 bits per heavy atom. The Labute approximate surface area is 192 Å². The Bertz CT molecular complexity index is 1200. The van der Waals surface area contributed by atoms with Gasteiger partial charge in [0.1, 0.15) is 0 Å². The van der Waals surface area contributed by atoms with Gasteiger partial charge in [-0.25, -0.2) is 0 Å². The average Bonchev–Trinajstić information content (AvgIpc) is 3.44. The van der Waals surface area contributed by atoms with Crippen LogP contribution in [-0.4, -0.2) is 33.3 Å². The SMILES string of the molecule is CC1(C)c2sc(=O)[nH]c2S[C@H]2[C@H]3C[C@@H]([C@H]4C(=O)N(/N=C\c5ccc(Cl)cc5)C(=O)[C@H]34)[C@H]21. The van der Waals surface area contributed by atoms with Crippen LogP contribution in [-0.2, 0) is 15.0 Å². The highest BCUT2D eigenvalue weighted by Gasteiger charge is 2.71. The third-order valence-corrected chi connectivity index (χ3v) is 10.6. The van der Waals surface area contributed by atoms with Crippen molar-refractivity contribution in [3.05, 3.63) is 49.4 Å². The first-order valence-corrected chi connectivity index (χ1v) is 12.4. The van der Waals surface area contributed by atoms with Crippen LogP contribution in [0.5, 0.6) is 0 Å². The fourth-order valence-electron chi connectivity index (χ4n) is 6.43. The van der Waals surface area contributed by atoms with Crippen LogP contribution in [0.2, 0.25) is 5.02 Å². The number of hydrogen-bond acceptors (Lipinski definition) is 6. The molecule has 2 bridgehead atoms. The Morgan fingerprint density at radius 2 is 1.81 bits per heavy atom. The summed E-state index contributed by atoms with van der Waals surface area (Å²) in [7, 11) is 0. The maximum Gasteiger partial charge on any atom is 0.305 e. The van der Waals surface area contributed by atoms with E-state index >= 15 is 0 Å². The number of thiazole rings is 1. The number of fused-ring (bicyclic) bond motifs is 9. The predicted octanol–water partition coefficient (Wildman–Crippen LogP) is 3.74. The second-order valence-electron chi connectivity index (χ2n) is 9.40. The number of nitrogens with zero attached hydrogens (tertiary/aromatic N) is 2. The highest BCUT2D eigenvalue weighted by Crippen LogP contribution is 2.68. The predicted molar refractivity (Wildman–Crippen MR) is 121 cm³/mol. The molecule has 31 heavy (non-hydrogen) atoms. The second-order valence-corrected chi connectivity index (χ2v) is 12.0. The van der Waals surface area contributed by atoms with Crippen LogP contribution in [0.15, 0.2) is 39.2 Å². The van der Waals surface area contributed by atoms with Crippen LogP contribution in [0.3, 0.4) is 0 Å². The van der Waals surface area contributed by atoms with Crippen molar-refractivity contribution >= 4 is 52.7 Å². The molecular weight excluding hydrogens is 454 g/mol. The molecule has 2 aliphatic heterocycles. The summed E-state index contributed by atoms with van der Waals surface area (Å²) in [6.45, 7) is 4.36. The number of carbonyl (C=O) groups is 2. The van der Waals surface area contributed by atoms with E-state index in [1.165, 1.54) is 11.3 Å². The number of aromatic nitrogens is 1. The van der Waals surface area contributed by atoms with Crippen molar-refractivity contribution in [3.8, 4) is 0 Å². The third kappa shape index (κ3) is 2.64. The Morgan fingerprint density at radius 3 is 2.52 bits per heavy atom. The molecule has 2 saturated carbocycles. The van der Waals surface area contributed by atoms with Gasteiger partial charge in [0.25, 0.3) is 11.8 Å². The van der Waals surface area contributed by atoms with Crippen LogP contribution in [0.25, 0.3) is 0 Å². The summed E-state index contributed by atoms with van der Waals surface area (Å²) in [4.78, 5) is 42.6. The zero-order chi connectivity index (χ0) is 21.7. The zero-order valence-corrected chi connectivity index (χ0v) is 19.3. The van der Waals surface area contributed by atoms with E-state index in [-0.39, 0.29) is 56.9 Å². The molecule has 1 saturated heterocycles. The van der Waals surface area contributed by atoms with Gasteiger partial charge in [0.2, 0.25) is 0 Å². The van der Waals surface area contributed by atoms with Crippen molar-refractivity contribution in [2.75, 3.05) is 0 Å². The molecule has 0 unspecified atom stereocenters. The van der Waals surface area contributed by atoms with Gasteiger partial charge in [-0.15, -0.1) is 11.8 Å². The van der Waals surface area contributed by atoms with E-state index in [0.29, 0.717) is 5.02 Å². The van der Waals surface area contributed by atoms with E-state index in [1.54, 1.807) is 42.2 Å². The summed E-state index contributed by atoms with van der Waals surface area (Å²) in [5, 5.41) is 7.16. The minimum absolute atomic E-state index is 0.0343. The molecule has 2 aliphatic carbocycles. The van der Waals surface area contributed by atoms with E-state index in [2.05, 4.69) is 23.9 Å². The molecular formula is C22H20ClN3O3S2. The first-order valence-electron chi connectivity index (χ1n) is 10.3.